The third kappa shape index (κ3) is 1.41. The summed E-state index contributed by atoms with van der Waals surface area (Å²) in [5.74, 6) is 0. The molecule has 1 aliphatic rings. The van der Waals surface area contributed by atoms with E-state index in [2.05, 4.69) is 84.1 Å². The zero-order valence-corrected chi connectivity index (χ0v) is 12.6. The van der Waals surface area contributed by atoms with E-state index < -0.39 is 0 Å². The number of hydrogen-bond donors (Lipinski definition) is 1. The van der Waals surface area contributed by atoms with E-state index in [1.807, 2.05) is 0 Å². The fraction of sp³-hybridized carbons (Fsp3) is 0.0625. The maximum atomic E-state index is 4.51. The molecule has 2 aromatic carbocycles. The summed E-state index contributed by atoms with van der Waals surface area (Å²) in [5.41, 5.74) is 7.63. The number of rotatable bonds is 0. The highest BCUT2D eigenvalue weighted by Crippen LogP contribution is 2.25. The van der Waals surface area contributed by atoms with Gasteiger partial charge in [-0.15, -0.1) is 0 Å². The number of aromatic nitrogens is 2. The molecule has 102 valence electrons. The Morgan fingerprint density at radius 1 is 1.10 bits per heavy atom. The van der Waals surface area contributed by atoms with Crippen molar-refractivity contribution in [1.82, 2.24) is 14.4 Å². The van der Waals surface area contributed by atoms with Crippen molar-refractivity contribution in [3.05, 3.63) is 58.6 Å². The van der Waals surface area contributed by atoms with Gasteiger partial charge in [-0.05, 0) is 30.3 Å². The van der Waals surface area contributed by atoms with Crippen molar-refractivity contribution < 1.29 is 0 Å². The van der Waals surface area contributed by atoms with Crippen LogP contribution in [0.15, 0.2) is 58.2 Å². The SMILES string of the molecule is Brc1ccc2c(c1)n1ccc3cccc(c4n2CNN=4)c31. The standard InChI is InChI=1S/C16H11BrN4/c17-11-4-5-13-14(8-11)20-7-6-10-2-1-3-12(15(10)20)16-19-18-9-21(13)16/h1-8,18H,9H2. The van der Waals surface area contributed by atoms with E-state index in [0.717, 1.165) is 20.9 Å². The van der Waals surface area contributed by atoms with Gasteiger partial charge in [0.2, 0.25) is 0 Å². The molecule has 1 N–H and O–H groups in total. The number of benzene rings is 2. The van der Waals surface area contributed by atoms with E-state index in [-0.39, 0.29) is 0 Å². The summed E-state index contributed by atoms with van der Waals surface area (Å²) in [6, 6.07) is 14.9. The maximum Gasteiger partial charge on any atom is 0.163 e. The van der Waals surface area contributed by atoms with E-state index in [4.69, 9.17) is 0 Å². The Morgan fingerprint density at radius 2 is 2.05 bits per heavy atom. The summed E-state index contributed by atoms with van der Waals surface area (Å²) in [4.78, 5) is 0. The number of halogens is 1. The summed E-state index contributed by atoms with van der Waals surface area (Å²) in [6.45, 7) is 0.700. The van der Waals surface area contributed by atoms with Crippen LogP contribution in [-0.4, -0.2) is 8.97 Å². The molecule has 2 aromatic heterocycles. The lowest BCUT2D eigenvalue weighted by Crippen LogP contribution is -2.14. The van der Waals surface area contributed by atoms with Crippen molar-refractivity contribution in [1.29, 1.82) is 0 Å². The summed E-state index contributed by atoms with van der Waals surface area (Å²) >= 11 is 3.59. The molecular formula is C16H11BrN4. The minimum absolute atomic E-state index is 0.700. The van der Waals surface area contributed by atoms with Gasteiger partial charge in [-0.2, -0.15) is 5.10 Å². The Morgan fingerprint density at radius 3 is 3.00 bits per heavy atom. The van der Waals surface area contributed by atoms with Gasteiger partial charge < -0.3 is 8.97 Å². The Kier molecular flexibility index (Phi) is 2.11. The molecule has 0 amide bonds. The molecule has 5 rings (SSSR count). The van der Waals surface area contributed by atoms with Crippen LogP contribution in [-0.2, 0) is 6.67 Å². The lowest BCUT2D eigenvalue weighted by Gasteiger charge is -2.03. The average molecular weight is 339 g/mol. The van der Waals surface area contributed by atoms with Crippen molar-refractivity contribution in [3.8, 4) is 0 Å². The molecule has 0 spiro atoms. The smallest absolute Gasteiger partial charge is 0.163 e. The van der Waals surface area contributed by atoms with Crippen LogP contribution in [0.2, 0.25) is 0 Å². The van der Waals surface area contributed by atoms with Gasteiger partial charge in [0.25, 0.3) is 0 Å². The fourth-order valence-corrected chi connectivity index (χ4v) is 3.56. The van der Waals surface area contributed by atoms with Crippen LogP contribution >= 0.6 is 15.9 Å². The third-order valence-electron chi connectivity index (χ3n) is 4.11. The average Bonchev–Trinajstić information content (AvgIpc) is 3.11. The second-order valence-corrected chi connectivity index (χ2v) is 6.16. The lowest BCUT2D eigenvalue weighted by atomic mass is 10.2. The minimum atomic E-state index is 0.700. The van der Waals surface area contributed by atoms with Crippen LogP contribution in [0.4, 0.5) is 0 Å². The molecule has 0 saturated carbocycles. The number of nitrogens with zero attached hydrogens (tertiary/aromatic N) is 3. The normalized spacial score (nSPS) is 13.6. The Balaban J connectivity index is 2.27. The van der Waals surface area contributed by atoms with Gasteiger partial charge in [0, 0.05) is 21.4 Å². The highest BCUT2D eigenvalue weighted by atomic mass is 79.9. The highest BCUT2D eigenvalue weighted by Gasteiger charge is 2.13. The largest absolute Gasteiger partial charge is 0.314 e. The summed E-state index contributed by atoms with van der Waals surface area (Å²) in [7, 11) is 0. The van der Waals surface area contributed by atoms with E-state index in [9.17, 15) is 0 Å². The molecular weight excluding hydrogens is 328 g/mol. The van der Waals surface area contributed by atoms with Crippen LogP contribution in [0, 0.1) is 0 Å². The molecule has 5 heteroatoms. The van der Waals surface area contributed by atoms with Crippen molar-refractivity contribution >= 4 is 43.3 Å². The Hall–Kier alpha value is -2.27. The Bertz CT molecular complexity index is 1100. The van der Waals surface area contributed by atoms with Crippen LogP contribution in [0.25, 0.3) is 27.3 Å². The summed E-state index contributed by atoms with van der Waals surface area (Å²) in [5, 5.41) is 6.90. The fourth-order valence-electron chi connectivity index (χ4n) is 3.21. The first-order valence-electron chi connectivity index (χ1n) is 6.81. The van der Waals surface area contributed by atoms with E-state index >= 15 is 0 Å². The second-order valence-electron chi connectivity index (χ2n) is 5.24. The predicted molar refractivity (Wildman–Crippen MR) is 86.8 cm³/mol. The van der Waals surface area contributed by atoms with Gasteiger partial charge in [0.05, 0.1) is 16.6 Å². The maximum absolute atomic E-state index is 4.51. The number of para-hydroxylation sites is 1. The van der Waals surface area contributed by atoms with Crippen LogP contribution < -0.4 is 10.9 Å². The van der Waals surface area contributed by atoms with Gasteiger partial charge in [-0.25, -0.2) is 0 Å². The first-order valence-corrected chi connectivity index (χ1v) is 7.61. The molecule has 0 bridgehead atoms. The Labute approximate surface area is 128 Å². The van der Waals surface area contributed by atoms with Gasteiger partial charge in [0.15, 0.2) is 5.49 Å². The molecule has 0 fully saturated rings. The van der Waals surface area contributed by atoms with Crippen molar-refractivity contribution in [2.75, 3.05) is 0 Å². The first kappa shape index (κ1) is 11.4. The molecule has 1 aliphatic heterocycles. The zero-order valence-electron chi connectivity index (χ0n) is 11.0. The molecule has 0 aliphatic carbocycles. The molecule has 21 heavy (non-hydrogen) atoms. The molecule has 4 aromatic rings. The molecule has 0 atom stereocenters. The van der Waals surface area contributed by atoms with Gasteiger partial charge in [0.1, 0.15) is 6.67 Å². The molecule has 3 heterocycles. The predicted octanol–water partition coefficient (Wildman–Crippen LogP) is 3.19. The van der Waals surface area contributed by atoms with E-state index in [0.29, 0.717) is 6.67 Å². The zero-order chi connectivity index (χ0) is 14.0. The quantitative estimate of drug-likeness (QED) is 0.525. The number of fused-ring (bicyclic) bond motifs is 5. The van der Waals surface area contributed by atoms with Crippen LogP contribution in [0.3, 0.4) is 0 Å². The van der Waals surface area contributed by atoms with Gasteiger partial charge >= 0.3 is 0 Å². The van der Waals surface area contributed by atoms with Crippen molar-refractivity contribution in [3.63, 3.8) is 0 Å². The molecule has 0 saturated heterocycles. The number of hydrogen-bond acceptors (Lipinski definition) is 2. The molecule has 0 radical (unpaired) electrons. The highest BCUT2D eigenvalue weighted by molar-refractivity contribution is 9.10. The summed E-state index contributed by atoms with van der Waals surface area (Å²) in [6.07, 6.45) is 2.13. The number of nitrogens with one attached hydrogen (secondary N) is 1. The third-order valence-corrected chi connectivity index (χ3v) is 4.60. The van der Waals surface area contributed by atoms with Gasteiger partial charge in [-0.1, -0.05) is 28.1 Å². The first-order chi connectivity index (χ1) is 10.3. The monoisotopic (exact) mass is 338 g/mol. The summed E-state index contributed by atoms with van der Waals surface area (Å²) < 4.78 is 5.56. The van der Waals surface area contributed by atoms with Crippen molar-refractivity contribution in [2.45, 2.75) is 6.67 Å². The van der Waals surface area contributed by atoms with E-state index in [1.54, 1.807) is 0 Å². The molecule has 4 nitrogen and oxygen atoms in total. The molecule has 0 unspecified atom stereocenters. The minimum Gasteiger partial charge on any atom is -0.314 e. The van der Waals surface area contributed by atoms with Crippen molar-refractivity contribution in [2.24, 2.45) is 5.10 Å². The van der Waals surface area contributed by atoms with Crippen LogP contribution in [0.1, 0.15) is 0 Å². The van der Waals surface area contributed by atoms with Gasteiger partial charge in [-0.3, -0.25) is 5.43 Å². The topological polar surface area (TPSA) is 33.7 Å². The lowest BCUT2D eigenvalue weighted by molar-refractivity contribution is 0.659. The second kappa shape index (κ2) is 3.89. The van der Waals surface area contributed by atoms with E-state index in [1.165, 1.54) is 16.4 Å². The van der Waals surface area contributed by atoms with Crippen LogP contribution in [0.5, 0.6) is 0 Å².